The second-order valence-electron chi connectivity index (χ2n) is 5.47. The highest BCUT2D eigenvalue weighted by atomic mass is 16.5. The number of benzene rings is 2. The van der Waals surface area contributed by atoms with E-state index in [4.69, 9.17) is 9.47 Å². The average Bonchev–Trinajstić information content (AvgIpc) is 2.68. The SMILES string of the molecule is COc1ccc(NCC(=O)/C(C#N)=C(\C)Nc2ccc(OC)cc2)cc1. The zero-order chi connectivity index (χ0) is 18.9. The normalized spacial score (nSPS) is 11.0. The molecular weight excluding hydrogens is 330 g/mol. The Labute approximate surface area is 153 Å². The molecule has 0 aliphatic rings. The van der Waals surface area contributed by atoms with Gasteiger partial charge in [-0.3, -0.25) is 4.79 Å². The Hall–Kier alpha value is -3.46. The molecule has 6 heteroatoms. The fourth-order valence-electron chi connectivity index (χ4n) is 2.29. The zero-order valence-electron chi connectivity index (χ0n) is 15.0. The van der Waals surface area contributed by atoms with Gasteiger partial charge in [0.05, 0.1) is 20.8 Å². The van der Waals surface area contributed by atoms with E-state index in [1.54, 1.807) is 45.4 Å². The van der Waals surface area contributed by atoms with Gasteiger partial charge in [-0.1, -0.05) is 0 Å². The third-order valence-corrected chi connectivity index (χ3v) is 3.73. The summed E-state index contributed by atoms with van der Waals surface area (Å²) in [5, 5.41) is 15.4. The Morgan fingerprint density at radius 2 is 1.46 bits per heavy atom. The first-order valence-corrected chi connectivity index (χ1v) is 8.00. The smallest absolute Gasteiger partial charge is 0.194 e. The van der Waals surface area contributed by atoms with Gasteiger partial charge in [-0.2, -0.15) is 5.26 Å². The van der Waals surface area contributed by atoms with Crippen LogP contribution in [0.15, 0.2) is 59.8 Å². The van der Waals surface area contributed by atoms with E-state index in [2.05, 4.69) is 10.6 Å². The van der Waals surface area contributed by atoms with Crippen molar-refractivity contribution in [3.8, 4) is 17.6 Å². The molecule has 2 rings (SSSR count). The summed E-state index contributed by atoms with van der Waals surface area (Å²) >= 11 is 0. The highest BCUT2D eigenvalue weighted by Gasteiger charge is 2.13. The molecule has 2 N–H and O–H groups in total. The van der Waals surface area contributed by atoms with Gasteiger partial charge in [0.25, 0.3) is 0 Å². The van der Waals surface area contributed by atoms with Gasteiger partial charge in [0.15, 0.2) is 5.78 Å². The molecule has 2 aromatic carbocycles. The Balaban J connectivity index is 2.02. The molecule has 134 valence electrons. The molecule has 0 spiro atoms. The third-order valence-electron chi connectivity index (χ3n) is 3.73. The van der Waals surface area contributed by atoms with Gasteiger partial charge >= 0.3 is 0 Å². The highest BCUT2D eigenvalue weighted by Crippen LogP contribution is 2.18. The molecule has 0 aliphatic carbocycles. The van der Waals surface area contributed by atoms with E-state index in [0.717, 1.165) is 22.9 Å². The van der Waals surface area contributed by atoms with Crippen LogP contribution in [-0.4, -0.2) is 26.5 Å². The largest absolute Gasteiger partial charge is 0.497 e. The number of nitrogens with zero attached hydrogens (tertiary/aromatic N) is 1. The zero-order valence-corrected chi connectivity index (χ0v) is 15.0. The van der Waals surface area contributed by atoms with Crippen LogP contribution in [0.4, 0.5) is 11.4 Å². The van der Waals surface area contributed by atoms with Gasteiger partial charge in [-0.05, 0) is 55.5 Å². The number of allylic oxidation sites excluding steroid dienone is 1. The predicted molar refractivity (Wildman–Crippen MR) is 101 cm³/mol. The molecule has 0 unspecified atom stereocenters. The topological polar surface area (TPSA) is 83.4 Å². The van der Waals surface area contributed by atoms with Crippen molar-refractivity contribution in [3.63, 3.8) is 0 Å². The molecule has 0 fully saturated rings. The number of carbonyl (C=O) groups is 1. The standard InChI is InChI=1S/C20H21N3O3/c1-14(23-16-6-10-18(26-3)11-7-16)19(12-21)20(24)13-22-15-4-8-17(25-2)9-5-15/h4-11,22-23H,13H2,1-3H3/b19-14+. The molecule has 0 saturated heterocycles. The van der Waals surface area contributed by atoms with Crippen molar-refractivity contribution in [2.75, 3.05) is 31.4 Å². The molecule has 6 nitrogen and oxygen atoms in total. The number of carbonyl (C=O) groups excluding carboxylic acids is 1. The molecule has 0 bridgehead atoms. The van der Waals surface area contributed by atoms with E-state index in [9.17, 15) is 10.1 Å². The maximum Gasteiger partial charge on any atom is 0.194 e. The second-order valence-corrected chi connectivity index (χ2v) is 5.47. The molecular formula is C20H21N3O3. The number of nitriles is 1. The molecule has 0 heterocycles. The Kier molecular flexibility index (Phi) is 6.63. The van der Waals surface area contributed by atoms with Crippen molar-refractivity contribution in [2.45, 2.75) is 6.92 Å². The summed E-state index contributed by atoms with van der Waals surface area (Å²) < 4.78 is 10.2. The fraction of sp³-hybridized carbons (Fsp3) is 0.200. The Morgan fingerprint density at radius 1 is 0.962 bits per heavy atom. The summed E-state index contributed by atoms with van der Waals surface area (Å²) in [6, 6.07) is 16.4. The van der Waals surface area contributed by atoms with Gasteiger partial charge in [0.2, 0.25) is 0 Å². The van der Waals surface area contributed by atoms with Crippen LogP contribution >= 0.6 is 0 Å². The van der Waals surface area contributed by atoms with Crippen LogP contribution in [0.5, 0.6) is 11.5 Å². The predicted octanol–water partition coefficient (Wildman–Crippen LogP) is 3.59. The van der Waals surface area contributed by atoms with Gasteiger partial charge in [-0.15, -0.1) is 0 Å². The van der Waals surface area contributed by atoms with Gasteiger partial charge in [0.1, 0.15) is 23.1 Å². The van der Waals surface area contributed by atoms with Crippen molar-refractivity contribution in [1.82, 2.24) is 0 Å². The maximum absolute atomic E-state index is 12.4. The van der Waals surface area contributed by atoms with Crippen LogP contribution in [0, 0.1) is 11.3 Å². The summed E-state index contributed by atoms with van der Waals surface area (Å²) in [5.41, 5.74) is 2.13. The van der Waals surface area contributed by atoms with Crippen LogP contribution < -0.4 is 20.1 Å². The Morgan fingerprint density at radius 3 is 1.92 bits per heavy atom. The molecule has 0 atom stereocenters. The molecule has 0 radical (unpaired) electrons. The maximum atomic E-state index is 12.4. The van der Waals surface area contributed by atoms with Crippen molar-refractivity contribution < 1.29 is 14.3 Å². The molecule has 2 aromatic rings. The number of hydrogen-bond acceptors (Lipinski definition) is 6. The number of methoxy groups -OCH3 is 2. The Bertz CT molecular complexity index is 819. The van der Waals surface area contributed by atoms with E-state index in [1.807, 2.05) is 30.3 Å². The van der Waals surface area contributed by atoms with Gasteiger partial charge < -0.3 is 20.1 Å². The van der Waals surface area contributed by atoms with Crippen molar-refractivity contribution in [2.24, 2.45) is 0 Å². The lowest BCUT2D eigenvalue weighted by Gasteiger charge is -2.11. The quantitative estimate of drug-likeness (QED) is 0.558. The average molecular weight is 351 g/mol. The molecule has 0 saturated carbocycles. The van der Waals surface area contributed by atoms with E-state index in [0.29, 0.717) is 5.70 Å². The van der Waals surface area contributed by atoms with E-state index in [1.165, 1.54) is 0 Å². The van der Waals surface area contributed by atoms with E-state index >= 15 is 0 Å². The summed E-state index contributed by atoms with van der Waals surface area (Å²) in [4.78, 5) is 12.4. The molecule has 0 aromatic heterocycles. The van der Waals surface area contributed by atoms with Crippen LogP contribution in [0.25, 0.3) is 0 Å². The van der Waals surface area contributed by atoms with Crippen molar-refractivity contribution >= 4 is 17.2 Å². The number of ether oxygens (including phenoxy) is 2. The van der Waals surface area contributed by atoms with Crippen LogP contribution in [0.2, 0.25) is 0 Å². The summed E-state index contributed by atoms with van der Waals surface area (Å²) in [6.07, 6.45) is 0. The lowest BCUT2D eigenvalue weighted by atomic mass is 10.1. The minimum absolute atomic E-state index is 0.0247. The lowest BCUT2D eigenvalue weighted by Crippen LogP contribution is -2.18. The van der Waals surface area contributed by atoms with Crippen LogP contribution in [-0.2, 0) is 4.79 Å². The van der Waals surface area contributed by atoms with Gasteiger partial charge in [-0.25, -0.2) is 0 Å². The van der Waals surface area contributed by atoms with Crippen molar-refractivity contribution in [3.05, 3.63) is 59.8 Å². The third kappa shape index (κ3) is 5.02. The molecule has 0 amide bonds. The summed E-state index contributed by atoms with van der Waals surface area (Å²) in [7, 11) is 3.18. The lowest BCUT2D eigenvalue weighted by molar-refractivity contribution is -0.113. The van der Waals surface area contributed by atoms with Crippen molar-refractivity contribution in [1.29, 1.82) is 5.26 Å². The minimum atomic E-state index is -0.290. The van der Waals surface area contributed by atoms with Gasteiger partial charge in [0, 0.05) is 17.1 Å². The number of hydrogen-bond donors (Lipinski definition) is 2. The highest BCUT2D eigenvalue weighted by molar-refractivity contribution is 6.02. The molecule has 26 heavy (non-hydrogen) atoms. The first kappa shape index (κ1) is 18.9. The van der Waals surface area contributed by atoms with E-state index < -0.39 is 0 Å². The summed E-state index contributed by atoms with van der Waals surface area (Å²) in [5.74, 6) is 1.18. The monoisotopic (exact) mass is 351 g/mol. The van der Waals surface area contributed by atoms with E-state index in [-0.39, 0.29) is 17.9 Å². The van der Waals surface area contributed by atoms with Crippen LogP contribution in [0.1, 0.15) is 6.92 Å². The fourth-order valence-corrected chi connectivity index (χ4v) is 2.29. The first-order chi connectivity index (χ1) is 12.6. The number of nitrogens with one attached hydrogen (secondary N) is 2. The number of rotatable bonds is 8. The minimum Gasteiger partial charge on any atom is -0.497 e. The second kappa shape index (κ2) is 9.14. The molecule has 0 aliphatic heterocycles. The first-order valence-electron chi connectivity index (χ1n) is 8.00. The van der Waals surface area contributed by atoms with Crippen LogP contribution in [0.3, 0.4) is 0 Å². The summed E-state index contributed by atoms with van der Waals surface area (Å²) in [6.45, 7) is 1.73. The number of Topliss-reactive ketones (excluding diaryl/α,β-unsaturated/α-hetero) is 1. The number of anilines is 2. The number of ketones is 1.